The molecule has 0 radical (unpaired) electrons. The van der Waals surface area contributed by atoms with Crippen LogP contribution in [0.5, 0.6) is 0 Å². The van der Waals surface area contributed by atoms with Gasteiger partial charge in [-0.1, -0.05) is 168 Å². The van der Waals surface area contributed by atoms with Gasteiger partial charge in [0.1, 0.15) is 43.2 Å². The van der Waals surface area contributed by atoms with Crippen LogP contribution in [0, 0.1) is 5.41 Å². The average molecular weight is 955 g/mol. The van der Waals surface area contributed by atoms with E-state index in [4.69, 9.17) is 42.3 Å². The lowest BCUT2D eigenvalue weighted by atomic mass is 9.97. The highest BCUT2D eigenvalue weighted by molar-refractivity contribution is 6.99. The van der Waals surface area contributed by atoms with Crippen molar-refractivity contribution in [2.24, 2.45) is 5.41 Å². The molecule has 2 heterocycles. The predicted octanol–water partition coefficient (Wildman–Crippen LogP) is 8.44. The number of carbonyl (C=O) groups is 2. The summed E-state index contributed by atoms with van der Waals surface area (Å²) < 4.78 is 58.0. The van der Waals surface area contributed by atoms with E-state index in [9.17, 15) is 14.7 Å². The number of aliphatic hydroxyl groups excluding tert-OH is 1. The van der Waals surface area contributed by atoms with Crippen LogP contribution in [0.4, 0.5) is 0 Å². The number of hydrogen-bond acceptors (Lipinski definition) is 12. The summed E-state index contributed by atoms with van der Waals surface area (Å²) in [5.41, 5.74) is 1.13. The van der Waals surface area contributed by atoms with Gasteiger partial charge in [0.25, 0.3) is 8.32 Å². The lowest BCUT2D eigenvalue weighted by molar-refractivity contribution is -0.249. The van der Waals surface area contributed by atoms with Crippen LogP contribution in [0.25, 0.3) is 0 Å². The Morgan fingerprint density at radius 1 is 0.588 bits per heavy atom. The van der Waals surface area contributed by atoms with E-state index in [-0.39, 0.29) is 43.4 Å². The van der Waals surface area contributed by atoms with Gasteiger partial charge in [0, 0.05) is 13.0 Å². The van der Waals surface area contributed by atoms with E-state index < -0.39 is 62.9 Å². The number of methoxy groups -OCH3 is 1. The minimum atomic E-state index is -3.04. The fraction of sp³-hybridized carbons (Fsp3) is 0.527. The quantitative estimate of drug-likeness (QED) is 0.0388. The third kappa shape index (κ3) is 14.4. The number of rotatable bonds is 25. The highest BCUT2D eigenvalue weighted by atomic mass is 28.4. The molecule has 13 heteroatoms. The van der Waals surface area contributed by atoms with Crippen LogP contribution < -0.4 is 10.4 Å². The highest BCUT2D eigenvalue weighted by Gasteiger charge is 2.55. The van der Waals surface area contributed by atoms with Crippen LogP contribution >= 0.6 is 0 Å². The molecule has 2 saturated heterocycles. The molecule has 0 aromatic heterocycles. The van der Waals surface area contributed by atoms with Crippen LogP contribution in [-0.2, 0) is 65.1 Å². The van der Waals surface area contributed by atoms with Crippen LogP contribution in [0.1, 0.15) is 97.6 Å². The second kappa shape index (κ2) is 25.5. The van der Waals surface area contributed by atoms with Gasteiger partial charge in [-0.3, -0.25) is 9.59 Å². The van der Waals surface area contributed by atoms with Gasteiger partial charge in [-0.25, -0.2) is 0 Å². The van der Waals surface area contributed by atoms with Gasteiger partial charge in [-0.15, -0.1) is 0 Å². The van der Waals surface area contributed by atoms with Crippen molar-refractivity contribution in [1.82, 2.24) is 0 Å². The summed E-state index contributed by atoms with van der Waals surface area (Å²) in [7, 11) is -1.62. The van der Waals surface area contributed by atoms with Crippen molar-refractivity contribution in [1.29, 1.82) is 0 Å². The van der Waals surface area contributed by atoms with Gasteiger partial charge in [0.05, 0.1) is 32.3 Å². The molecular weight excluding hydrogens is 881 g/mol. The molecule has 4 aromatic rings. The zero-order valence-electron chi connectivity index (χ0n) is 41.1. The summed E-state index contributed by atoms with van der Waals surface area (Å²) in [6.45, 7) is 12.9. The smallest absolute Gasteiger partial charge is 0.311 e. The Morgan fingerprint density at radius 2 is 1.07 bits per heavy atom. The molecule has 12 nitrogen and oxygen atoms in total. The second-order valence-electron chi connectivity index (χ2n) is 19.8. The van der Waals surface area contributed by atoms with Gasteiger partial charge >= 0.3 is 11.9 Å². The fourth-order valence-electron chi connectivity index (χ4n) is 8.87. The Hall–Kier alpha value is -4.28. The second-order valence-corrected chi connectivity index (χ2v) is 24.1. The molecule has 8 atom stereocenters. The van der Waals surface area contributed by atoms with E-state index in [1.165, 1.54) is 7.11 Å². The number of aliphatic hydroxyl groups is 1. The lowest BCUT2D eigenvalue weighted by Crippen LogP contribution is -2.67. The number of esters is 2. The van der Waals surface area contributed by atoms with Crippen LogP contribution in [0.2, 0.25) is 5.04 Å². The first-order chi connectivity index (χ1) is 32.7. The highest BCUT2D eigenvalue weighted by Crippen LogP contribution is 2.39. The van der Waals surface area contributed by atoms with Crippen molar-refractivity contribution in [3.63, 3.8) is 0 Å². The number of ether oxygens (including phenoxy) is 8. The normalized spacial score (nSPS) is 23.1. The summed E-state index contributed by atoms with van der Waals surface area (Å²) in [6, 6.07) is 40.4. The molecule has 370 valence electrons. The molecule has 0 spiro atoms. The molecule has 2 aliphatic heterocycles. The summed E-state index contributed by atoms with van der Waals surface area (Å²) in [4.78, 5) is 24.6. The Bertz CT molecular complexity index is 2040. The van der Waals surface area contributed by atoms with Crippen LogP contribution in [0.15, 0.2) is 121 Å². The zero-order chi connectivity index (χ0) is 48.6. The van der Waals surface area contributed by atoms with E-state index in [0.717, 1.165) is 60.0 Å². The summed E-state index contributed by atoms with van der Waals surface area (Å²) in [5.74, 6) is -0.567. The van der Waals surface area contributed by atoms with Crippen molar-refractivity contribution < 1.29 is 57.0 Å². The molecule has 2 fully saturated rings. The molecule has 68 heavy (non-hydrogen) atoms. The Morgan fingerprint density at radius 3 is 1.60 bits per heavy atom. The molecule has 0 unspecified atom stereocenters. The van der Waals surface area contributed by atoms with Crippen molar-refractivity contribution in [2.45, 2.75) is 154 Å². The van der Waals surface area contributed by atoms with Crippen LogP contribution in [-0.4, -0.2) is 101 Å². The van der Waals surface area contributed by atoms with E-state index in [2.05, 4.69) is 45.0 Å². The largest absolute Gasteiger partial charge is 0.469 e. The standard InChI is InChI=1S/C55H74O12Si/c1-54(2,3)53(58)63-38-44-49(62-37-41-28-18-13-19-29-41)50(52(66-44)60-35-25-11-9-8-10-24-34-46(56)59-7)67-51-47(57)48(61-36-40-26-16-12-17-27-40)45(65-51)39-64-68(55(4,5)6,42-30-20-14-21-31-42)43-32-22-15-23-33-43/h12-23,26-33,44-45,47-52,57H,8-11,24-25,34-39H2,1-7H3/t44-,45-,47+,48-,49-,50+,51+,52+/m1/s1. The monoisotopic (exact) mass is 954 g/mol. The van der Waals surface area contributed by atoms with E-state index in [1.54, 1.807) is 20.8 Å². The van der Waals surface area contributed by atoms with Gasteiger partial charge in [0.2, 0.25) is 0 Å². The molecular formula is C55H74O12Si. The average Bonchev–Trinajstić information content (AvgIpc) is 3.82. The number of carbonyl (C=O) groups excluding carboxylic acids is 2. The molecule has 4 aromatic carbocycles. The molecule has 0 aliphatic carbocycles. The van der Waals surface area contributed by atoms with E-state index >= 15 is 0 Å². The van der Waals surface area contributed by atoms with Crippen LogP contribution in [0.3, 0.4) is 0 Å². The first-order valence-electron chi connectivity index (χ1n) is 24.3. The summed E-state index contributed by atoms with van der Waals surface area (Å²) in [6.07, 6.45) is -1.69. The molecule has 0 bridgehead atoms. The Kier molecular flexibility index (Phi) is 19.9. The maximum Gasteiger partial charge on any atom is 0.311 e. The Labute approximate surface area is 405 Å². The van der Waals surface area contributed by atoms with Gasteiger partial charge in [-0.05, 0) is 60.2 Å². The Balaban J connectivity index is 1.27. The first kappa shape index (κ1) is 53.1. The zero-order valence-corrected chi connectivity index (χ0v) is 42.1. The summed E-state index contributed by atoms with van der Waals surface area (Å²) in [5, 5.41) is 14.3. The number of benzene rings is 4. The van der Waals surface area contributed by atoms with Crippen molar-refractivity contribution >= 4 is 30.6 Å². The van der Waals surface area contributed by atoms with Gasteiger partial charge < -0.3 is 47.4 Å². The first-order valence-corrected chi connectivity index (χ1v) is 26.2. The van der Waals surface area contributed by atoms with Crippen molar-refractivity contribution in [2.75, 3.05) is 26.9 Å². The fourth-order valence-corrected chi connectivity index (χ4v) is 13.4. The maximum absolute atomic E-state index is 13.1. The summed E-state index contributed by atoms with van der Waals surface area (Å²) >= 11 is 0. The molecule has 0 amide bonds. The van der Waals surface area contributed by atoms with Gasteiger partial charge in [0.15, 0.2) is 12.6 Å². The molecule has 2 aliphatic rings. The minimum Gasteiger partial charge on any atom is -0.469 e. The van der Waals surface area contributed by atoms with Crippen molar-refractivity contribution in [3.05, 3.63) is 132 Å². The van der Waals surface area contributed by atoms with Gasteiger partial charge in [-0.2, -0.15) is 0 Å². The molecule has 1 N–H and O–H groups in total. The third-order valence-corrected chi connectivity index (χ3v) is 17.6. The van der Waals surface area contributed by atoms with E-state index in [1.807, 2.05) is 97.1 Å². The topological polar surface area (TPSA) is 137 Å². The molecule has 0 saturated carbocycles. The minimum absolute atomic E-state index is 0.104. The number of unbranched alkanes of at least 4 members (excludes halogenated alkanes) is 5. The maximum atomic E-state index is 13.1. The number of hydrogen-bond donors (Lipinski definition) is 1. The molecule has 6 rings (SSSR count). The van der Waals surface area contributed by atoms with E-state index in [0.29, 0.717) is 13.0 Å². The lowest BCUT2D eigenvalue weighted by Gasteiger charge is -2.43. The SMILES string of the molecule is COC(=O)CCCCCCCCO[C@H]1O[C@H](COC(=O)C(C)(C)C)[C@@H](OCc2ccccc2)[C@@H]1O[C@@H]1O[C@H](CO[Si](c2ccccc2)(c2ccccc2)C(C)(C)C)[C@@H](OCc2ccccc2)[C@@H]1O. The third-order valence-electron chi connectivity index (χ3n) is 12.6. The van der Waals surface area contributed by atoms with Crippen molar-refractivity contribution in [3.8, 4) is 0 Å². The predicted molar refractivity (Wildman–Crippen MR) is 263 cm³/mol.